The van der Waals surface area contributed by atoms with Gasteiger partial charge in [-0.2, -0.15) is 0 Å². The van der Waals surface area contributed by atoms with Gasteiger partial charge in [-0.25, -0.2) is 4.98 Å². The number of aromatic nitrogens is 1. The van der Waals surface area contributed by atoms with Gasteiger partial charge in [-0.3, -0.25) is 14.9 Å². The summed E-state index contributed by atoms with van der Waals surface area (Å²) in [5.74, 6) is 0.0611. The Morgan fingerprint density at radius 3 is 2.79 bits per heavy atom. The summed E-state index contributed by atoms with van der Waals surface area (Å²) in [5, 5.41) is 13.5. The first kappa shape index (κ1) is 13.2. The highest BCUT2D eigenvalue weighted by Gasteiger charge is 2.23. The normalized spacial score (nSPS) is 15.1. The van der Waals surface area contributed by atoms with Gasteiger partial charge in [0.25, 0.3) is 11.6 Å². The minimum absolute atomic E-state index is 0.199. The SMILES string of the molecule is CNc1ncc([N+](=O)[O-])cc1C(=O)N1CCOCC1. The van der Waals surface area contributed by atoms with Crippen LogP contribution >= 0.6 is 0 Å². The van der Waals surface area contributed by atoms with E-state index in [1.165, 1.54) is 6.07 Å². The molecule has 8 heteroatoms. The number of pyridine rings is 1. The van der Waals surface area contributed by atoms with E-state index in [9.17, 15) is 14.9 Å². The van der Waals surface area contributed by atoms with E-state index < -0.39 is 4.92 Å². The van der Waals surface area contributed by atoms with E-state index in [1.807, 2.05) is 0 Å². The van der Waals surface area contributed by atoms with Gasteiger partial charge in [0.1, 0.15) is 12.0 Å². The minimum Gasteiger partial charge on any atom is -0.378 e. The van der Waals surface area contributed by atoms with Crippen LogP contribution in [-0.4, -0.2) is 54.1 Å². The molecule has 0 spiro atoms. The van der Waals surface area contributed by atoms with E-state index in [4.69, 9.17) is 4.74 Å². The molecule has 2 rings (SSSR count). The van der Waals surface area contributed by atoms with Crippen LogP contribution < -0.4 is 5.32 Å². The Labute approximate surface area is 109 Å². The number of ether oxygens (including phenoxy) is 1. The molecule has 1 saturated heterocycles. The standard InChI is InChI=1S/C11H14N4O4/c1-12-10-9(6-8(7-13-10)15(17)18)11(16)14-2-4-19-5-3-14/h6-7H,2-5H2,1H3,(H,12,13). The van der Waals surface area contributed by atoms with Gasteiger partial charge in [-0.1, -0.05) is 0 Å². The fourth-order valence-corrected chi connectivity index (χ4v) is 1.85. The van der Waals surface area contributed by atoms with Crippen molar-refractivity contribution < 1.29 is 14.5 Å². The zero-order chi connectivity index (χ0) is 13.8. The molecule has 1 aromatic rings. The Morgan fingerprint density at radius 1 is 1.53 bits per heavy atom. The summed E-state index contributed by atoms with van der Waals surface area (Å²) in [6.07, 6.45) is 1.13. The van der Waals surface area contributed by atoms with Gasteiger partial charge in [-0.05, 0) is 0 Å². The number of nitro groups is 1. The largest absolute Gasteiger partial charge is 0.378 e. The predicted octanol–water partition coefficient (Wildman–Crippen LogP) is 0.504. The lowest BCUT2D eigenvalue weighted by atomic mass is 10.2. The highest BCUT2D eigenvalue weighted by molar-refractivity contribution is 5.99. The number of rotatable bonds is 3. The van der Waals surface area contributed by atoms with Crippen LogP contribution in [0, 0.1) is 10.1 Å². The van der Waals surface area contributed by atoms with Gasteiger partial charge in [0.15, 0.2) is 0 Å². The number of carbonyl (C=O) groups is 1. The van der Waals surface area contributed by atoms with Crippen LogP contribution in [0.3, 0.4) is 0 Å². The number of carbonyl (C=O) groups excluding carboxylic acids is 1. The molecule has 0 unspecified atom stereocenters. The zero-order valence-corrected chi connectivity index (χ0v) is 10.5. The molecule has 0 radical (unpaired) electrons. The molecule has 102 valence electrons. The molecule has 1 fully saturated rings. The molecule has 0 saturated carbocycles. The lowest BCUT2D eigenvalue weighted by molar-refractivity contribution is -0.385. The number of hydrogen-bond acceptors (Lipinski definition) is 6. The minimum atomic E-state index is -0.567. The Bertz CT molecular complexity index is 499. The van der Waals surface area contributed by atoms with Gasteiger partial charge >= 0.3 is 0 Å². The highest BCUT2D eigenvalue weighted by Crippen LogP contribution is 2.20. The Kier molecular flexibility index (Phi) is 3.91. The fourth-order valence-electron chi connectivity index (χ4n) is 1.85. The Hall–Kier alpha value is -2.22. The topological polar surface area (TPSA) is 97.6 Å². The first-order valence-corrected chi connectivity index (χ1v) is 5.82. The maximum atomic E-state index is 12.3. The second-order valence-electron chi connectivity index (χ2n) is 4.00. The van der Waals surface area contributed by atoms with E-state index >= 15 is 0 Å². The summed E-state index contributed by atoms with van der Waals surface area (Å²) in [4.78, 5) is 28.0. The van der Waals surface area contributed by atoms with Gasteiger partial charge in [0.2, 0.25) is 0 Å². The molecule has 1 amide bonds. The van der Waals surface area contributed by atoms with Crippen LogP contribution in [0.25, 0.3) is 0 Å². The lowest BCUT2D eigenvalue weighted by Gasteiger charge is -2.27. The van der Waals surface area contributed by atoms with E-state index in [0.717, 1.165) is 6.20 Å². The number of nitrogens with zero attached hydrogens (tertiary/aromatic N) is 3. The van der Waals surface area contributed by atoms with Crippen molar-refractivity contribution >= 4 is 17.4 Å². The van der Waals surface area contributed by atoms with E-state index in [2.05, 4.69) is 10.3 Å². The molecule has 8 nitrogen and oxygen atoms in total. The summed E-state index contributed by atoms with van der Waals surface area (Å²) in [6, 6.07) is 1.25. The monoisotopic (exact) mass is 266 g/mol. The average molecular weight is 266 g/mol. The molecule has 19 heavy (non-hydrogen) atoms. The first-order chi connectivity index (χ1) is 9.13. The quantitative estimate of drug-likeness (QED) is 0.632. The zero-order valence-electron chi connectivity index (χ0n) is 10.5. The maximum Gasteiger partial charge on any atom is 0.288 e. The molecule has 1 aliphatic rings. The first-order valence-electron chi connectivity index (χ1n) is 5.82. The van der Waals surface area contributed by atoms with Crippen molar-refractivity contribution in [3.05, 3.63) is 27.9 Å². The highest BCUT2D eigenvalue weighted by atomic mass is 16.6. The van der Waals surface area contributed by atoms with E-state index in [1.54, 1.807) is 11.9 Å². The van der Waals surface area contributed by atoms with Crippen molar-refractivity contribution in [3.8, 4) is 0 Å². The average Bonchev–Trinajstić information content (AvgIpc) is 2.46. The maximum absolute atomic E-state index is 12.3. The molecular weight excluding hydrogens is 252 g/mol. The van der Waals surface area contributed by atoms with Crippen LogP contribution in [0.2, 0.25) is 0 Å². The van der Waals surface area contributed by atoms with Crippen LogP contribution in [-0.2, 0) is 4.74 Å². The molecule has 1 aromatic heterocycles. The third kappa shape index (κ3) is 2.79. The predicted molar refractivity (Wildman–Crippen MR) is 67.2 cm³/mol. The van der Waals surface area contributed by atoms with Crippen molar-refractivity contribution in [2.75, 3.05) is 38.7 Å². The van der Waals surface area contributed by atoms with Crippen molar-refractivity contribution in [3.63, 3.8) is 0 Å². The Morgan fingerprint density at radius 2 is 2.21 bits per heavy atom. The molecular formula is C11H14N4O4. The van der Waals surface area contributed by atoms with Gasteiger partial charge in [-0.15, -0.1) is 0 Å². The van der Waals surface area contributed by atoms with Gasteiger partial charge in [0.05, 0.1) is 23.7 Å². The van der Waals surface area contributed by atoms with E-state index in [-0.39, 0.29) is 17.2 Å². The molecule has 0 aromatic carbocycles. The van der Waals surface area contributed by atoms with Crippen molar-refractivity contribution in [1.29, 1.82) is 0 Å². The third-order valence-electron chi connectivity index (χ3n) is 2.85. The molecule has 0 aliphatic carbocycles. The number of amides is 1. The molecule has 1 aliphatic heterocycles. The second kappa shape index (κ2) is 5.61. The summed E-state index contributed by atoms with van der Waals surface area (Å²) < 4.78 is 5.17. The molecule has 1 N–H and O–H groups in total. The van der Waals surface area contributed by atoms with Crippen LogP contribution in [0.4, 0.5) is 11.5 Å². The van der Waals surface area contributed by atoms with Crippen LogP contribution in [0.15, 0.2) is 12.3 Å². The smallest absolute Gasteiger partial charge is 0.288 e. The molecule has 0 atom stereocenters. The Balaban J connectivity index is 2.32. The van der Waals surface area contributed by atoms with Crippen LogP contribution in [0.5, 0.6) is 0 Å². The van der Waals surface area contributed by atoms with E-state index in [0.29, 0.717) is 32.1 Å². The molecule has 2 heterocycles. The number of hydrogen-bond donors (Lipinski definition) is 1. The van der Waals surface area contributed by atoms with Gasteiger partial charge in [0, 0.05) is 26.2 Å². The van der Waals surface area contributed by atoms with Crippen LogP contribution in [0.1, 0.15) is 10.4 Å². The van der Waals surface area contributed by atoms with Crippen molar-refractivity contribution in [2.24, 2.45) is 0 Å². The van der Waals surface area contributed by atoms with Gasteiger partial charge < -0.3 is 15.0 Å². The van der Waals surface area contributed by atoms with Crippen molar-refractivity contribution in [1.82, 2.24) is 9.88 Å². The number of morpholine rings is 1. The number of anilines is 1. The summed E-state index contributed by atoms with van der Waals surface area (Å²) in [6.45, 7) is 1.90. The fraction of sp³-hybridized carbons (Fsp3) is 0.455. The summed E-state index contributed by atoms with van der Waals surface area (Å²) in [5.41, 5.74) is 0.00853. The van der Waals surface area contributed by atoms with Crippen molar-refractivity contribution in [2.45, 2.75) is 0 Å². The summed E-state index contributed by atoms with van der Waals surface area (Å²) >= 11 is 0. The summed E-state index contributed by atoms with van der Waals surface area (Å²) in [7, 11) is 1.62. The molecule has 0 bridgehead atoms. The number of nitrogens with one attached hydrogen (secondary N) is 1. The second-order valence-corrected chi connectivity index (χ2v) is 4.00. The third-order valence-corrected chi connectivity index (χ3v) is 2.85. The lowest BCUT2D eigenvalue weighted by Crippen LogP contribution is -2.41.